The molecule has 0 aliphatic heterocycles. The standard InChI is InChI=1S/C10H12ClFO3S/c1-15-9-4-3-8(12)7-10(9)16(13,14)6-2-5-11/h3-4,7H,2,5-6H2,1H3. The average molecular weight is 267 g/mol. The van der Waals surface area contributed by atoms with E-state index in [-0.39, 0.29) is 22.3 Å². The maximum Gasteiger partial charge on any atom is 0.182 e. The van der Waals surface area contributed by atoms with Crippen LogP contribution in [-0.2, 0) is 9.84 Å². The summed E-state index contributed by atoms with van der Waals surface area (Å²) in [5.41, 5.74) is 0. The van der Waals surface area contributed by atoms with Gasteiger partial charge in [-0.25, -0.2) is 12.8 Å². The van der Waals surface area contributed by atoms with Gasteiger partial charge in [-0.1, -0.05) is 0 Å². The lowest BCUT2D eigenvalue weighted by Crippen LogP contribution is -2.09. The summed E-state index contributed by atoms with van der Waals surface area (Å²) in [5, 5.41) is 0. The van der Waals surface area contributed by atoms with Gasteiger partial charge in [-0.2, -0.15) is 0 Å². The zero-order chi connectivity index (χ0) is 12.2. The van der Waals surface area contributed by atoms with Crippen LogP contribution in [0.15, 0.2) is 23.1 Å². The zero-order valence-electron chi connectivity index (χ0n) is 8.74. The SMILES string of the molecule is COc1ccc(F)cc1S(=O)(=O)CCCCl. The Labute approximate surface area is 99.1 Å². The maximum absolute atomic E-state index is 13.0. The first-order valence-electron chi connectivity index (χ1n) is 4.63. The average Bonchev–Trinajstić information content (AvgIpc) is 2.26. The Morgan fingerprint density at radius 2 is 2.12 bits per heavy atom. The van der Waals surface area contributed by atoms with Crippen molar-refractivity contribution in [2.45, 2.75) is 11.3 Å². The van der Waals surface area contributed by atoms with Gasteiger partial charge < -0.3 is 4.74 Å². The minimum absolute atomic E-state index is 0.115. The molecule has 0 radical (unpaired) electrons. The van der Waals surface area contributed by atoms with Crippen LogP contribution in [0.5, 0.6) is 5.75 Å². The first kappa shape index (κ1) is 13.3. The van der Waals surface area contributed by atoms with E-state index < -0.39 is 15.7 Å². The largest absolute Gasteiger partial charge is 0.495 e. The first-order valence-corrected chi connectivity index (χ1v) is 6.82. The Morgan fingerprint density at radius 3 is 2.69 bits per heavy atom. The van der Waals surface area contributed by atoms with Crippen molar-refractivity contribution in [3.63, 3.8) is 0 Å². The number of hydrogen-bond acceptors (Lipinski definition) is 3. The van der Waals surface area contributed by atoms with Crippen LogP contribution in [0.3, 0.4) is 0 Å². The van der Waals surface area contributed by atoms with E-state index in [4.69, 9.17) is 16.3 Å². The molecule has 0 spiro atoms. The molecule has 0 amide bonds. The lowest BCUT2D eigenvalue weighted by atomic mass is 10.3. The number of alkyl halides is 1. The predicted molar refractivity (Wildman–Crippen MR) is 60.3 cm³/mol. The summed E-state index contributed by atoms with van der Waals surface area (Å²) in [7, 11) is -2.20. The highest BCUT2D eigenvalue weighted by molar-refractivity contribution is 7.91. The van der Waals surface area contributed by atoms with Gasteiger partial charge in [-0.05, 0) is 24.6 Å². The predicted octanol–water partition coefficient (Wildman–Crippen LogP) is 2.24. The maximum atomic E-state index is 13.0. The second kappa shape index (κ2) is 5.50. The summed E-state index contributed by atoms with van der Waals surface area (Å²) in [6.45, 7) is 0. The van der Waals surface area contributed by atoms with Gasteiger partial charge in [-0.3, -0.25) is 0 Å². The molecular formula is C10H12ClFO3S. The summed E-state index contributed by atoms with van der Waals surface area (Å²) < 4.78 is 41.5. The van der Waals surface area contributed by atoms with Gasteiger partial charge in [0.1, 0.15) is 16.5 Å². The molecule has 16 heavy (non-hydrogen) atoms. The van der Waals surface area contributed by atoms with Crippen LogP contribution in [0.25, 0.3) is 0 Å². The van der Waals surface area contributed by atoms with E-state index in [1.54, 1.807) is 0 Å². The number of halogens is 2. The fraction of sp³-hybridized carbons (Fsp3) is 0.400. The summed E-state index contributed by atoms with van der Waals surface area (Å²) in [4.78, 5) is -0.125. The van der Waals surface area contributed by atoms with E-state index >= 15 is 0 Å². The number of benzene rings is 1. The lowest BCUT2D eigenvalue weighted by Gasteiger charge is -2.08. The van der Waals surface area contributed by atoms with Crippen LogP contribution in [0, 0.1) is 5.82 Å². The molecule has 0 heterocycles. The van der Waals surface area contributed by atoms with Crippen LogP contribution >= 0.6 is 11.6 Å². The molecule has 6 heteroatoms. The monoisotopic (exact) mass is 266 g/mol. The topological polar surface area (TPSA) is 43.4 Å². The Hall–Kier alpha value is -0.810. The van der Waals surface area contributed by atoms with Gasteiger partial charge in [0.2, 0.25) is 0 Å². The Balaban J connectivity index is 3.15. The molecule has 3 nitrogen and oxygen atoms in total. The van der Waals surface area contributed by atoms with Crippen molar-refractivity contribution in [3.8, 4) is 5.75 Å². The van der Waals surface area contributed by atoms with Gasteiger partial charge >= 0.3 is 0 Å². The van der Waals surface area contributed by atoms with Crippen LogP contribution in [0.2, 0.25) is 0 Å². The first-order chi connectivity index (χ1) is 7.51. The minimum Gasteiger partial charge on any atom is -0.495 e. The van der Waals surface area contributed by atoms with Gasteiger partial charge in [0.15, 0.2) is 9.84 Å². The molecule has 1 aromatic carbocycles. The number of methoxy groups -OCH3 is 1. The van der Waals surface area contributed by atoms with Crippen molar-refractivity contribution in [2.24, 2.45) is 0 Å². The number of sulfone groups is 1. The molecule has 0 aliphatic carbocycles. The Kier molecular flexibility index (Phi) is 4.56. The van der Waals surface area contributed by atoms with Crippen molar-refractivity contribution in [3.05, 3.63) is 24.0 Å². The highest BCUT2D eigenvalue weighted by Gasteiger charge is 2.19. The molecule has 1 rings (SSSR count). The van der Waals surface area contributed by atoms with Crippen molar-refractivity contribution in [1.29, 1.82) is 0 Å². The molecule has 0 unspecified atom stereocenters. The molecule has 0 aromatic heterocycles. The van der Waals surface area contributed by atoms with E-state index in [1.807, 2.05) is 0 Å². The van der Waals surface area contributed by atoms with E-state index in [0.29, 0.717) is 6.42 Å². The van der Waals surface area contributed by atoms with Crippen molar-refractivity contribution in [1.82, 2.24) is 0 Å². The van der Waals surface area contributed by atoms with Gasteiger partial charge in [0, 0.05) is 5.88 Å². The van der Waals surface area contributed by atoms with Crippen molar-refractivity contribution in [2.75, 3.05) is 18.7 Å². The van der Waals surface area contributed by atoms with Crippen molar-refractivity contribution >= 4 is 21.4 Å². The van der Waals surface area contributed by atoms with Crippen molar-refractivity contribution < 1.29 is 17.5 Å². The molecule has 1 aromatic rings. The zero-order valence-corrected chi connectivity index (χ0v) is 10.3. The number of rotatable bonds is 5. The van der Waals surface area contributed by atoms with Crippen LogP contribution < -0.4 is 4.74 Å². The molecular weight excluding hydrogens is 255 g/mol. The quantitative estimate of drug-likeness (QED) is 0.768. The summed E-state index contributed by atoms with van der Waals surface area (Å²) in [6, 6.07) is 3.41. The highest BCUT2D eigenvalue weighted by atomic mass is 35.5. The van der Waals surface area contributed by atoms with Gasteiger partial charge in [0.05, 0.1) is 12.9 Å². The molecule has 0 atom stereocenters. The minimum atomic E-state index is -3.54. The molecule has 0 bridgehead atoms. The number of hydrogen-bond donors (Lipinski definition) is 0. The van der Waals surface area contributed by atoms with E-state index in [0.717, 1.165) is 12.1 Å². The molecule has 0 N–H and O–H groups in total. The van der Waals surface area contributed by atoms with Crippen LogP contribution in [0.4, 0.5) is 4.39 Å². The van der Waals surface area contributed by atoms with Crippen LogP contribution in [0.1, 0.15) is 6.42 Å². The third-order valence-electron chi connectivity index (χ3n) is 2.01. The highest BCUT2D eigenvalue weighted by Crippen LogP contribution is 2.25. The van der Waals surface area contributed by atoms with E-state index in [2.05, 4.69) is 0 Å². The molecule has 0 saturated heterocycles. The number of ether oxygens (including phenoxy) is 1. The third kappa shape index (κ3) is 3.09. The molecule has 90 valence electrons. The van der Waals surface area contributed by atoms with E-state index in [1.165, 1.54) is 13.2 Å². The fourth-order valence-corrected chi connectivity index (χ4v) is 3.03. The third-order valence-corrected chi connectivity index (χ3v) is 4.09. The molecule has 0 aliphatic rings. The molecule has 0 saturated carbocycles. The van der Waals surface area contributed by atoms with Gasteiger partial charge in [-0.15, -0.1) is 11.6 Å². The summed E-state index contributed by atoms with van der Waals surface area (Å²) >= 11 is 5.43. The van der Waals surface area contributed by atoms with Crippen LogP contribution in [-0.4, -0.2) is 27.2 Å². The smallest absolute Gasteiger partial charge is 0.182 e. The van der Waals surface area contributed by atoms with E-state index in [9.17, 15) is 12.8 Å². The Bertz CT molecular complexity index is 459. The summed E-state index contributed by atoms with van der Waals surface area (Å²) in [6.07, 6.45) is 0.323. The fourth-order valence-electron chi connectivity index (χ4n) is 1.25. The summed E-state index contributed by atoms with van der Waals surface area (Å²) in [5.74, 6) is -0.325. The molecule has 0 fully saturated rings. The van der Waals surface area contributed by atoms with Gasteiger partial charge in [0.25, 0.3) is 0 Å². The normalized spacial score (nSPS) is 11.4. The second-order valence-electron chi connectivity index (χ2n) is 3.16. The lowest BCUT2D eigenvalue weighted by molar-refractivity contribution is 0.401. The second-order valence-corrected chi connectivity index (χ2v) is 5.61. The Morgan fingerprint density at radius 1 is 1.44 bits per heavy atom.